The van der Waals surface area contributed by atoms with Crippen LogP contribution in [0, 0.1) is 11.8 Å². The molecule has 0 radical (unpaired) electrons. The molecule has 4 nitrogen and oxygen atoms in total. The van der Waals surface area contributed by atoms with Crippen molar-refractivity contribution in [1.82, 2.24) is 0 Å². The summed E-state index contributed by atoms with van der Waals surface area (Å²) in [7, 11) is 1.78. The van der Waals surface area contributed by atoms with Crippen molar-refractivity contribution in [3.05, 3.63) is 17.7 Å². The Labute approximate surface area is 114 Å². The van der Waals surface area contributed by atoms with Crippen LogP contribution in [0.15, 0.2) is 12.1 Å². The number of carbonyl (C=O) groups excluding carboxylic acids is 1. The van der Waals surface area contributed by atoms with Crippen LogP contribution in [0.3, 0.4) is 0 Å². The van der Waals surface area contributed by atoms with Gasteiger partial charge in [0.2, 0.25) is 5.91 Å². The van der Waals surface area contributed by atoms with E-state index in [1.54, 1.807) is 11.9 Å². The molecule has 1 atom stereocenters. The predicted molar refractivity (Wildman–Crippen MR) is 77.5 cm³/mol. The van der Waals surface area contributed by atoms with Crippen LogP contribution in [-0.4, -0.2) is 19.6 Å². The predicted octanol–water partition coefficient (Wildman–Crippen LogP) is 2.46. The Morgan fingerprint density at radius 1 is 1.47 bits per heavy atom. The minimum atomic E-state index is -0.148. The smallest absolute Gasteiger partial charge is 0.233 e. The van der Waals surface area contributed by atoms with E-state index in [0.29, 0.717) is 24.0 Å². The molecular weight excluding hydrogens is 240 g/mol. The van der Waals surface area contributed by atoms with Crippen LogP contribution in [0.4, 0.5) is 11.4 Å². The highest BCUT2D eigenvalue weighted by Crippen LogP contribution is 2.38. The SMILES string of the molecule is CC(C)Cc1cc(N)c2c(c1)N(C)C(=O)C(C)CO2. The van der Waals surface area contributed by atoms with Gasteiger partial charge in [0.05, 0.1) is 23.9 Å². The molecule has 0 spiro atoms. The molecule has 1 aromatic rings. The van der Waals surface area contributed by atoms with Crippen LogP contribution < -0.4 is 15.4 Å². The number of nitrogen functional groups attached to an aromatic ring is 1. The van der Waals surface area contributed by atoms with Gasteiger partial charge in [0.15, 0.2) is 5.75 Å². The summed E-state index contributed by atoms with van der Waals surface area (Å²) in [6.07, 6.45) is 0.940. The standard InChI is InChI=1S/C15H22N2O2/c1-9(2)5-11-6-12(16)14-13(7-11)17(4)15(18)10(3)8-19-14/h6-7,9-10H,5,8,16H2,1-4H3. The monoisotopic (exact) mass is 262 g/mol. The van der Waals surface area contributed by atoms with Crippen molar-refractivity contribution in [2.75, 3.05) is 24.3 Å². The second kappa shape index (κ2) is 5.11. The number of hydrogen-bond donors (Lipinski definition) is 1. The summed E-state index contributed by atoms with van der Waals surface area (Å²) in [5.41, 5.74) is 8.62. The largest absolute Gasteiger partial charge is 0.488 e. The molecule has 0 aromatic heterocycles. The lowest BCUT2D eigenvalue weighted by Gasteiger charge is -2.20. The normalized spacial score (nSPS) is 19.1. The lowest BCUT2D eigenvalue weighted by atomic mass is 10.0. The Morgan fingerprint density at radius 3 is 2.79 bits per heavy atom. The lowest BCUT2D eigenvalue weighted by Crippen LogP contribution is -2.31. The molecule has 0 fully saturated rings. The van der Waals surface area contributed by atoms with E-state index in [-0.39, 0.29) is 11.8 Å². The maximum atomic E-state index is 12.2. The molecule has 0 aliphatic carbocycles. The Hall–Kier alpha value is -1.71. The summed E-state index contributed by atoms with van der Waals surface area (Å²) in [6.45, 7) is 6.57. The molecule has 1 aromatic carbocycles. The third-order valence-corrected chi connectivity index (χ3v) is 3.39. The highest BCUT2D eigenvalue weighted by atomic mass is 16.5. The fourth-order valence-electron chi connectivity index (χ4n) is 2.42. The molecule has 1 amide bonds. The first kappa shape index (κ1) is 13.7. The molecule has 4 heteroatoms. The number of benzene rings is 1. The van der Waals surface area contributed by atoms with Gasteiger partial charge in [-0.15, -0.1) is 0 Å². The Kier molecular flexibility index (Phi) is 3.69. The van der Waals surface area contributed by atoms with E-state index in [4.69, 9.17) is 10.5 Å². The summed E-state index contributed by atoms with van der Waals surface area (Å²) < 4.78 is 5.70. The van der Waals surface area contributed by atoms with Crippen LogP contribution in [0.5, 0.6) is 5.75 Å². The average Bonchev–Trinajstić information content (AvgIpc) is 2.42. The number of fused-ring (bicyclic) bond motifs is 1. The molecule has 1 unspecified atom stereocenters. The van der Waals surface area contributed by atoms with Crippen molar-refractivity contribution in [1.29, 1.82) is 0 Å². The Balaban J connectivity index is 2.46. The number of ether oxygens (including phenoxy) is 1. The van der Waals surface area contributed by atoms with Gasteiger partial charge in [-0.05, 0) is 30.0 Å². The highest BCUT2D eigenvalue weighted by molar-refractivity contribution is 5.97. The third kappa shape index (κ3) is 2.67. The zero-order valence-corrected chi connectivity index (χ0v) is 12.1. The van der Waals surface area contributed by atoms with Gasteiger partial charge in [0, 0.05) is 7.05 Å². The van der Waals surface area contributed by atoms with Crippen LogP contribution in [0.25, 0.3) is 0 Å². The molecule has 0 saturated heterocycles. The van der Waals surface area contributed by atoms with Crippen molar-refractivity contribution < 1.29 is 9.53 Å². The van der Waals surface area contributed by atoms with Gasteiger partial charge >= 0.3 is 0 Å². The Morgan fingerprint density at radius 2 is 2.16 bits per heavy atom. The first-order valence-electron chi connectivity index (χ1n) is 6.73. The van der Waals surface area contributed by atoms with Crippen molar-refractivity contribution >= 4 is 17.3 Å². The maximum absolute atomic E-state index is 12.2. The van der Waals surface area contributed by atoms with E-state index in [2.05, 4.69) is 13.8 Å². The molecule has 2 rings (SSSR count). The molecule has 1 aliphatic rings. The number of carbonyl (C=O) groups is 1. The summed E-state index contributed by atoms with van der Waals surface area (Å²) in [6, 6.07) is 3.97. The molecule has 2 N–H and O–H groups in total. The fraction of sp³-hybridized carbons (Fsp3) is 0.533. The van der Waals surface area contributed by atoms with Crippen LogP contribution in [0.1, 0.15) is 26.3 Å². The zero-order chi connectivity index (χ0) is 14.2. The first-order valence-corrected chi connectivity index (χ1v) is 6.73. The van der Waals surface area contributed by atoms with E-state index in [0.717, 1.165) is 17.7 Å². The highest BCUT2D eigenvalue weighted by Gasteiger charge is 2.27. The van der Waals surface area contributed by atoms with E-state index < -0.39 is 0 Å². The van der Waals surface area contributed by atoms with E-state index in [1.165, 1.54) is 0 Å². The minimum Gasteiger partial charge on any atom is -0.488 e. The second-order valence-electron chi connectivity index (χ2n) is 5.74. The van der Waals surface area contributed by atoms with Crippen molar-refractivity contribution in [2.24, 2.45) is 11.8 Å². The molecule has 0 saturated carbocycles. The van der Waals surface area contributed by atoms with Crippen LogP contribution in [0.2, 0.25) is 0 Å². The molecule has 1 heterocycles. The van der Waals surface area contributed by atoms with E-state index in [1.807, 2.05) is 19.1 Å². The molecular formula is C15H22N2O2. The Bertz CT molecular complexity index is 497. The van der Waals surface area contributed by atoms with Gasteiger partial charge in [-0.2, -0.15) is 0 Å². The quantitative estimate of drug-likeness (QED) is 0.833. The molecule has 104 valence electrons. The van der Waals surface area contributed by atoms with Gasteiger partial charge in [0.25, 0.3) is 0 Å². The fourth-order valence-corrected chi connectivity index (χ4v) is 2.42. The van der Waals surface area contributed by atoms with Crippen molar-refractivity contribution in [3.63, 3.8) is 0 Å². The van der Waals surface area contributed by atoms with E-state index >= 15 is 0 Å². The number of hydrogen-bond acceptors (Lipinski definition) is 3. The molecule has 0 bridgehead atoms. The summed E-state index contributed by atoms with van der Waals surface area (Å²) in [4.78, 5) is 13.8. The zero-order valence-electron chi connectivity index (χ0n) is 12.1. The van der Waals surface area contributed by atoms with Gasteiger partial charge < -0.3 is 15.4 Å². The average molecular weight is 262 g/mol. The van der Waals surface area contributed by atoms with Gasteiger partial charge in [-0.1, -0.05) is 20.8 Å². The minimum absolute atomic E-state index is 0.0693. The van der Waals surface area contributed by atoms with Gasteiger partial charge in [-0.3, -0.25) is 4.79 Å². The number of rotatable bonds is 2. The third-order valence-electron chi connectivity index (χ3n) is 3.39. The lowest BCUT2D eigenvalue weighted by molar-refractivity contribution is -0.122. The second-order valence-corrected chi connectivity index (χ2v) is 5.74. The maximum Gasteiger partial charge on any atom is 0.233 e. The van der Waals surface area contributed by atoms with Gasteiger partial charge in [0.1, 0.15) is 0 Å². The topological polar surface area (TPSA) is 55.6 Å². The molecule has 1 aliphatic heterocycles. The summed E-state index contributed by atoms with van der Waals surface area (Å²) >= 11 is 0. The first-order chi connectivity index (χ1) is 8.90. The van der Waals surface area contributed by atoms with Crippen molar-refractivity contribution in [3.8, 4) is 5.75 Å². The number of anilines is 2. The number of amides is 1. The van der Waals surface area contributed by atoms with E-state index in [9.17, 15) is 4.79 Å². The summed E-state index contributed by atoms with van der Waals surface area (Å²) in [5, 5.41) is 0. The summed E-state index contributed by atoms with van der Waals surface area (Å²) in [5.74, 6) is 1.10. The van der Waals surface area contributed by atoms with Crippen molar-refractivity contribution in [2.45, 2.75) is 27.2 Å². The van der Waals surface area contributed by atoms with Gasteiger partial charge in [-0.25, -0.2) is 0 Å². The van der Waals surface area contributed by atoms with Crippen LogP contribution >= 0.6 is 0 Å². The molecule has 19 heavy (non-hydrogen) atoms. The van der Waals surface area contributed by atoms with Crippen LogP contribution in [-0.2, 0) is 11.2 Å². The number of nitrogens with two attached hydrogens (primary N) is 1. The number of nitrogens with zero attached hydrogens (tertiary/aromatic N) is 1.